The molecule has 0 bridgehead atoms. The second-order valence-corrected chi connectivity index (χ2v) is 9.50. The Bertz CT molecular complexity index is 755. The third kappa shape index (κ3) is 8.96. The zero-order chi connectivity index (χ0) is 23.8. The number of esters is 1. The van der Waals surface area contributed by atoms with Crippen molar-refractivity contribution in [2.45, 2.75) is 65.2 Å². The number of aromatic hydroxyl groups is 1. The van der Waals surface area contributed by atoms with Gasteiger partial charge in [-0.1, -0.05) is 53.7 Å². The van der Waals surface area contributed by atoms with Crippen molar-refractivity contribution in [1.29, 1.82) is 0 Å². The lowest BCUT2D eigenvalue weighted by atomic mass is 9.78. The number of carbonyl (C=O) groups is 3. The molecule has 0 saturated carbocycles. The first kappa shape index (κ1) is 26.4. The largest absolute Gasteiger partial charge is 0.507 e. The molecule has 0 fully saturated rings. The van der Waals surface area contributed by atoms with Crippen molar-refractivity contribution in [3.63, 3.8) is 0 Å². The van der Waals surface area contributed by atoms with Gasteiger partial charge in [-0.2, -0.15) is 0 Å². The summed E-state index contributed by atoms with van der Waals surface area (Å²) in [7, 11) is 1.50. The van der Waals surface area contributed by atoms with Crippen LogP contribution in [0.5, 0.6) is 5.75 Å². The van der Waals surface area contributed by atoms with Crippen LogP contribution < -0.4 is 10.6 Å². The van der Waals surface area contributed by atoms with Gasteiger partial charge in [-0.05, 0) is 33.9 Å². The summed E-state index contributed by atoms with van der Waals surface area (Å²) in [5.41, 5.74) is 2.03. The third-order valence-electron chi connectivity index (χ3n) is 4.61. The highest BCUT2D eigenvalue weighted by atomic mass is 16.5. The summed E-state index contributed by atoms with van der Waals surface area (Å²) >= 11 is 0. The molecule has 0 radical (unpaired) electrons. The summed E-state index contributed by atoms with van der Waals surface area (Å²) in [5.74, 6) is -0.970. The van der Waals surface area contributed by atoms with Gasteiger partial charge in [-0.25, -0.2) is 4.79 Å². The Balaban J connectivity index is 2.69. The SMILES string of the molecule is COCCNC(=O)NC(=O)COC(=O)CCc1cc(C(C)(C)C)c(O)c(C(C)(C)C)c1. The predicted octanol–water partition coefficient (Wildman–Crippen LogP) is 2.94. The first-order valence-corrected chi connectivity index (χ1v) is 10.3. The van der Waals surface area contributed by atoms with Gasteiger partial charge >= 0.3 is 12.0 Å². The maximum Gasteiger partial charge on any atom is 0.321 e. The normalized spacial score (nSPS) is 11.7. The van der Waals surface area contributed by atoms with Crippen LogP contribution in [0.25, 0.3) is 0 Å². The van der Waals surface area contributed by atoms with Gasteiger partial charge in [0.05, 0.1) is 6.61 Å². The lowest BCUT2D eigenvalue weighted by Crippen LogP contribution is -2.42. The van der Waals surface area contributed by atoms with Crippen molar-refractivity contribution in [1.82, 2.24) is 10.6 Å². The van der Waals surface area contributed by atoms with E-state index in [1.54, 1.807) is 0 Å². The van der Waals surface area contributed by atoms with E-state index in [4.69, 9.17) is 9.47 Å². The Kier molecular flexibility index (Phi) is 9.49. The lowest BCUT2D eigenvalue weighted by Gasteiger charge is -2.28. The van der Waals surface area contributed by atoms with Crippen LogP contribution in [0.2, 0.25) is 0 Å². The highest BCUT2D eigenvalue weighted by molar-refractivity contribution is 5.95. The van der Waals surface area contributed by atoms with Crippen LogP contribution in [0.3, 0.4) is 0 Å². The van der Waals surface area contributed by atoms with Gasteiger partial charge < -0.3 is 19.9 Å². The number of nitrogens with one attached hydrogen (secondary N) is 2. The Hall–Kier alpha value is -2.61. The minimum Gasteiger partial charge on any atom is -0.507 e. The molecule has 1 aromatic rings. The standard InChI is InChI=1S/C23H36N2O6/c1-22(2,3)16-12-15(13-17(20(16)28)23(4,5)6)8-9-19(27)31-14-18(26)25-21(29)24-10-11-30-7/h12-13,28H,8-11,14H2,1-7H3,(H2,24,25,26,29). The molecule has 31 heavy (non-hydrogen) atoms. The molecule has 1 rings (SSSR count). The number of hydrogen-bond acceptors (Lipinski definition) is 6. The van der Waals surface area contributed by atoms with Gasteiger partial charge in [-0.3, -0.25) is 14.9 Å². The number of methoxy groups -OCH3 is 1. The van der Waals surface area contributed by atoms with Gasteiger partial charge in [0.2, 0.25) is 0 Å². The molecule has 0 unspecified atom stereocenters. The zero-order valence-electron chi connectivity index (χ0n) is 19.7. The summed E-state index contributed by atoms with van der Waals surface area (Å²) in [5, 5.41) is 15.3. The van der Waals surface area contributed by atoms with Gasteiger partial charge in [-0.15, -0.1) is 0 Å². The van der Waals surface area contributed by atoms with Gasteiger partial charge in [0, 0.05) is 20.1 Å². The molecular formula is C23H36N2O6. The summed E-state index contributed by atoms with van der Waals surface area (Å²) in [6.45, 7) is 12.2. The fraction of sp³-hybridized carbons (Fsp3) is 0.609. The minimum absolute atomic E-state index is 0.0747. The Morgan fingerprint density at radius 1 is 1.00 bits per heavy atom. The molecule has 0 atom stereocenters. The molecular weight excluding hydrogens is 400 g/mol. The quantitative estimate of drug-likeness (QED) is 0.426. The highest BCUT2D eigenvalue weighted by Gasteiger charge is 2.26. The number of urea groups is 1. The van der Waals surface area contributed by atoms with Crippen molar-refractivity contribution in [3.05, 3.63) is 28.8 Å². The van der Waals surface area contributed by atoms with Crippen LogP contribution >= 0.6 is 0 Å². The zero-order valence-corrected chi connectivity index (χ0v) is 19.7. The Morgan fingerprint density at radius 3 is 2.03 bits per heavy atom. The summed E-state index contributed by atoms with van der Waals surface area (Å²) < 4.78 is 9.75. The monoisotopic (exact) mass is 436 g/mol. The first-order valence-electron chi connectivity index (χ1n) is 10.3. The second-order valence-electron chi connectivity index (χ2n) is 9.50. The number of amides is 3. The second kappa shape index (κ2) is 11.1. The summed E-state index contributed by atoms with van der Waals surface area (Å²) in [6.07, 6.45) is 0.482. The number of ether oxygens (including phenoxy) is 2. The van der Waals surface area contributed by atoms with E-state index in [1.807, 2.05) is 53.7 Å². The predicted molar refractivity (Wildman–Crippen MR) is 118 cm³/mol. The Morgan fingerprint density at radius 2 is 1.55 bits per heavy atom. The van der Waals surface area contributed by atoms with E-state index < -0.39 is 24.5 Å². The van der Waals surface area contributed by atoms with Crippen molar-refractivity contribution >= 4 is 17.9 Å². The molecule has 0 heterocycles. The maximum absolute atomic E-state index is 12.1. The van der Waals surface area contributed by atoms with E-state index in [0.29, 0.717) is 13.0 Å². The molecule has 8 nitrogen and oxygen atoms in total. The fourth-order valence-corrected chi connectivity index (χ4v) is 2.92. The number of carbonyl (C=O) groups excluding carboxylic acids is 3. The number of hydrogen-bond donors (Lipinski definition) is 3. The molecule has 3 amide bonds. The average molecular weight is 437 g/mol. The summed E-state index contributed by atoms with van der Waals surface area (Å²) in [6, 6.07) is 3.15. The van der Waals surface area contributed by atoms with Crippen LogP contribution in [0.1, 0.15) is 64.7 Å². The van der Waals surface area contributed by atoms with E-state index in [1.165, 1.54) is 7.11 Å². The van der Waals surface area contributed by atoms with Crippen molar-refractivity contribution < 1.29 is 29.0 Å². The molecule has 0 aliphatic rings. The van der Waals surface area contributed by atoms with Gasteiger partial charge in [0.15, 0.2) is 6.61 Å². The minimum atomic E-state index is -0.710. The Labute approximate surface area is 184 Å². The van der Waals surface area contributed by atoms with Crippen LogP contribution in [-0.4, -0.2) is 49.9 Å². The molecule has 1 aromatic carbocycles. The number of rotatable bonds is 8. The molecule has 8 heteroatoms. The van der Waals surface area contributed by atoms with Crippen LogP contribution in [0, 0.1) is 0 Å². The van der Waals surface area contributed by atoms with E-state index in [0.717, 1.165) is 16.7 Å². The molecule has 0 aromatic heterocycles. The third-order valence-corrected chi connectivity index (χ3v) is 4.61. The van der Waals surface area contributed by atoms with Gasteiger partial charge in [0.25, 0.3) is 5.91 Å². The highest BCUT2D eigenvalue weighted by Crippen LogP contribution is 2.39. The topological polar surface area (TPSA) is 114 Å². The molecule has 174 valence electrons. The molecule has 3 N–H and O–H groups in total. The van der Waals surface area contributed by atoms with Crippen molar-refractivity contribution in [3.8, 4) is 5.75 Å². The number of phenolic OH excluding ortho intramolecular Hbond substituents is 1. The number of benzene rings is 1. The smallest absolute Gasteiger partial charge is 0.321 e. The van der Waals surface area contributed by atoms with E-state index in [9.17, 15) is 19.5 Å². The van der Waals surface area contributed by atoms with Crippen LogP contribution in [0.4, 0.5) is 4.79 Å². The van der Waals surface area contributed by atoms with Gasteiger partial charge in [0.1, 0.15) is 5.75 Å². The molecule has 0 aliphatic heterocycles. The maximum atomic E-state index is 12.1. The van der Waals surface area contributed by atoms with Crippen LogP contribution in [-0.2, 0) is 36.3 Å². The molecule has 0 saturated heterocycles. The summed E-state index contributed by atoms with van der Waals surface area (Å²) in [4.78, 5) is 35.3. The lowest BCUT2D eigenvalue weighted by molar-refractivity contribution is -0.148. The number of imide groups is 1. The number of phenols is 1. The average Bonchev–Trinajstić information content (AvgIpc) is 2.63. The first-order chi connectivity index (χ1) is 14.3. The van der Waals surface area contributed by atoms with E-state index in [-0.39, 0.29) is 29.5 Å². The number of aryl methyl sites for hydroxylation is 1. The molecule has 0 spiro atoms. The van der Waals surface area contributed by atoms with E-state index >= 15 is 0 Å². The van der Waals surface area contributed by atoms with E-state index in [2.05, 4.69) is 10.6 Å². The van der Waals surface area contributed by atoms with Crippen LogP contribution in [0.15, 0.2) is 12.1 Å². The van der Waals surface area contributed by atoms with Crippen molar-refractivity contribution in [2.75, 3.05) is 26.9 Å². The van der Waals surface area contributed by atoms with Crippen molar-refractivity contribution in [2.24, 2.45) is 0 Å². The fourth-order valence-electron chi connectivity index (χ4n) is 2.92. The molecule has 0 aliphatic carbocycles.